The van der Waals surface area contributed by atoms with E-state index in [1.54, 1.807) is 18.2 Å². The maximum atomic E-state index is 12.6. The Balaban J connectivity index is 1.51. The zero-order chi connectivity index (χ0) is 22.7. The highest BCUT2D eigenvalue weighted by Crippen LogP contribution is 2.35. The molecule has 0 aliphatic carbocycles. The first-order valence-electron chi connectivity index (χ1n) is 9.72. The average molecular weight is 431 g/mol. The lowest BCUT2D eigenvalue weighted by Gasteiger charge is -2.06. The number of non-ortho nitro benzene ring substituents is 1. The highest BCUT2D eigenvalue weighted by molar-refractivity contribution is 6.14. The van der Waals surface area contributed by atoms with Gasteiger partial charge in [0.1, 0.15) is 17.2 Å². The van der Waals surface area contributed by atoms with E-state index in [1.165, 1.54) is 36.4 Å². The maximum Gasteiger partial charge on any atom is 0.343 e. The normalized spacial score (nSPS) is 13.4. The molecule has 1 aliphatic heterocycles. The van der Waals surface area contributed by atoms with E-state index in [2.05, 4.69) is 0 Å². The molecule has 3 aromatic rings. The van der Waals surface area contributed by atoms with Crippen molar-refractivity contribution in [2.45, 2.75) is 6.92 Å². The smallest absolute Gasteiger partial charge is 0.343 e. The van der Waals surface area contributed by atoms with Crippen LogP contribution < -0.4 is 14.2 Å². The molecule has 0 unspecified atom stereocenters. The van der Waals surface area contributed by atoms with Crippen LogP contribution in [-0.4, -0.2) is 23.3 Å². The molecule has 0 N–H and O–H groups in total. The summed E-state index contributed by atoms with van der Waals surface area (Å²) < 4.78 is 16.4. The van der Waals surface area contributed by atoms with Gasteiger partial charge in [-0.25, -0.2) is 4.79 Å². The van der Waals surface area contributed by atoms with Crippen molar-refractivity contribution in [3.05, 3.63) is 99.3 Å². The van der Waals surface area contributed by atoms with Crippen molar-refractivity contribution >= 4 is 23.5 Å². The predicted octanol–water partition coefficient (Wildman–Crippen LogP) is 4.83. The van der Waals surface area contributed by atoms with E-state index in [9.17, 15) is 19.7 Å². The molecule has 0 spiro atoms. The Kier molecular flexibility index (Phi) is 5.67. The number of hydrogen-bond donors (Lipinski definition) is 0. The molecular weight excluding hydrogens is 414 g/mol. The molecule has 0 radical (unpaired) electrons. The van der Waals surface area contributed by atoms with Gasteiger partial charge in [0.15, 0.2) is 5.76 Å². The molecule has 1 aliphatic rings. The minimum absolute atomic E-state index is 0.0350. The molecule has 0 saturated carbocycles. The lowest BCUT2D eigenvalue weighted by molar-refractivity contribution is -0.384. The highest BCUT2D eigenvalue weighted by Gasteiger charge is 2.28. The van der Waals surface area contributed by atoms with Gasteiger partial charge in [0.25, 0.3) is 5.69 Å². The van der Waals surface area contributed by atoms with Gasteiger partial charge in [0.2, 0.25) is 5.78 Å². The Bertz CT molecular complexity index is 1250. The lowest BCUT2D eigenvalue weighted by atomic mass is 10.1. The van der Waals surface area contributed by atoms with Crippen LogP contribution in [0.15, 0.2) is 72.5 Å². The number of carbonyl (C=O) groups is 2. The fourth-order valence-corrected chi connectivity index (χ4v) is 3.12. The number of allylic oxidation sites excluding steroid dienone is 1. The van der Waals surface area contributed by atoms with Gasteiger partial charge in [-0.3, -0.25) is 14.9 Å². The minimum Gasteiger partial charge on any atom is -0.494 e. The van der Waals surface area contributed by atoms with Crippen LogP contribution in [0.3, 0.4) is 0 Å². The summed E-state index contributed by atoms with van der Waals surface area (Å²) in [4.78, 5) is 35.3. The molecule has 4 rings (SSSR count). The van der Waals surface area contributed by atoms with Gasteiger partial charge in [-0.15, -0.1) is 0 Å². The topological polar surface area (TPSA) is 105 Å². The van der Waals surface area contributed by atoms with Gasteiger partial charge in [0, 0.05) is 18.2 Å². The summed E-state index contributed by atoms with van der Waals surface area (Å²) in [5.74, 6) is 0.235. The van der Waals surface area contributed by atoms with Crippen molar-refractivity contribution in [2.75, 3.05) is 6.61 Å². The number of benzene rings is 3. The van der Waals surface area contributed by atoms with Crippen molar-refractivity contribution in [1.82, 2.24) is 0 Å². The quantitative estimate of drug-likeness (QED) is 0.181. The molecule has 160 valence electrons. The van der Waals surface area contributed by atoms with E-state index in [0.29, 0.717) is 12.2 Å². The Morgan fingerprint density at radius 1 is 1.06 bits per heavy atom. The van der Waals surface area contributed by atoms with Crippen molar-refractivity contribution in [3.8, 4) is 17.2 Å². The molecule has 0 aromatic heterocycles. The molecule has 8 heteroatoms. The third kappa shape index (κ3) is 4.34. The monoisotopic (exact) mass is 431 g/mol. The zero-order valence-electron chi connectivity index (χ0n) is 16.9. The minimum atomic E-state index is -0.761. The SMILES string of the molecule is CCOc1ccc(C=C2Oc3cc(OC(=O)c4cccc([N+](=O)[O-])c4)ccc3C2=O)cc1. The van der Waals surface area contributed by atoms with E-state index in [-0.39, 0.29) is 34.3 Å². The lowest BCUT2D eigenvalue weighted by Crippen LogP contribution is -2.08. The molecule has 0 bridgehead atoms. The fourth-order valence-electron chi connectivity index (χ4n) is 3.12. The number of esters is 1. The molecular formula is C24H17NO7. The van der Waals surface area contributed by atoms with E-state index in [1.807, 2.05) is 19.1 Å². The second-order valence-corrected chi connectivity index (χ2v) is 6.80. The van der Waals surface area contributed by atoms with Gasteiger partial charge in [-0.2, -0.15) is 0 Å². The van der Waals surface area contributed by atoms with Crippen LogP contribution in [0.5, 0.6) is 17.2 Å². The summed E-state index contributed by atoms with van der Waals surface area (Å²) in [6.45, 7) is 2.46. The first-order chi connectivity index (χ1) is 15.4. The molecule has 0 atom stereocenters. The summed E-state index contributed by atoms with van der Waals surface area (Å²) >= 11 is 0. The van der Waals surface area contributed by atoms with Crippen LogP contribution in [-0.2, 0) is 0 Å². The van der Waals surface area contributed by atoms with E-state index in [0.717, 1.165) is 17.4 Å². The van der Waals surface area contributed by atoms with Crippen molar-refractivity contribution in [3.63, 3.8) is 0 Å². The van der Waals surface area contributed by atoms with E-state index >= 15 is 0 Å². The van der Waals surface area contributed by atoms with Crippen LogP contribution in [0.2, 0.25) is 0 Å². The number of Topliss-reactive ketones (excluding diaryl/α,β-unsaturated/α-hetero) is 1. The third-order valence-electron chi connectivity index (χ3n) is 4.63. The van der Waals surface area contributed by atoms with Crippen LogP contribution in [0, 0.1) is 10.1 Å². The molecule has 0 amide bonds. The summed E-state index contributed by atoms with van der Waals surface area (Å²) in [7, 11) is 0. The summed E-state index contributed by atoms with van der Waals surface area (Å²) in [6, 6.07) is 16.9. The van der Waals surface area contributed by atoms with Gasteiger partial charge >= 0.3 is 5.97 Å². The Morgan fingerprint density at radius 2 is 1.81 bits per heavy atom. The van der Waals surface area contributed by atoms with Crippen LogP contribution in [0.4, 0.5) is 5.69 Å². The third-order valence-corrected chi connectivity index (χ3v) is 4.63. The number of hydrogen-bond acceptors (Lipinski definition) is 7. The number of ether oxygens (including phenoxy) is 3. The molecule has 32 heavy (non-hydrogen) atoms. The maximum absolute atomic E-state index is 12.6. The second-order valence-electron chi connectivity index (χ2n) is 6.80. The highest BCUT2D eigenvalue weighted by atomic mass is 16.6. The number of nitro groups is 1. The number of fused-ring (bicyclic) bond motifs is 1. The van der Waals surface area contributed by atoms with Crippen molar-refractivity contribution in [1.29, 1.82) is 0 Å². The second kappa shape index (κ2) is 8.73. The van der Waals surface area contributed by atoms with Gasteiger partial charge in [-0.1, -0.05) is 18.2 Å². The van der Waals surface area contributed by atoms with Crippen LogP contribution in [0.1, 0.15) is 33.2 Å². The number of carbonyl (C=O) groups excluding carboxylic acids is 2. The van der Waals surface area contributed by atoms with E-state index in [4.69, 9.17) is 14.2 Å². The Hall–Kier alpha value is -4.46. The van der Waals surface area contributed by atoms with Crippen molar-refractivity contribution < 1.29 is 28.7 Å². The molecule has 0 fully saturated rings. The van der Waals surface area contributed by atoms with Gasteiger partial charge < -0.3 is 14.2 Å². The summed E-state index contributed by atoms with van der Waals surface area (Å²) in [6.07, 6.45) is 1.62. The number of nitrogens with zero attached hydrogens (tertiary/aromatic N) is 1. The number of nitro benzene ring substituents is 1. The average Bonchev–Trinajstić information content (AvgIpc) is 3.10. The Morgan fingerprint density at radius 3 is 2.53 bits per heavy atom. The summed E-state index contributed by atoms with van der Waals surface area (Å²) in [5.41, 5.74) is 0.929. The molecule has 1 heterocycles. The first kappa shape index (κ1) is 20.8. The number of ketones is 1. The Labute approximate surface area is 182 Å². The van der Waals surface area contributed by atoms with Gasteiger partial charge in [0.05, 0.1) is 22.7 Å². The molecule has 3 aromatic carbocycles. The standard InChI is InChI=1S/C24H17NO7/c1-2-30-18-8-6-15(7-9-18)12-22-23(26)20-11-10-19(14-21(20)32-22)31-24(27)16-4-3-5-17(13-16)25(28)29/h3-14H,2H2,1H3. The van der Waals surface area contributed by atoms with E-state index < -0.39 is 10.9 Å². The number of rotatable bonds is 6. The largest absolute Gasteiger partial charge is 0.494 e. The molecule has 0 saturated heterocycles. The van der Waals surface area contributed by atoms with Crippen LogP contribution in [0.25, 0.3) is 6.08 Å². The fraction of sp³-hybridized carbons (Fsp3) is 0.0833. The van der Waals surface area contributed by atoms with Gasteiger partial charge in [-0.05, 0) is 48.9 Å². The van der Waals surface area contributed by atoms with Crippen molar-refractivity contribution in [2.24, 2.45) is 0 Å². The predicted molar refractivity (Wildman–Crippen MR) is 115 cm³/mol. The first-order valence-corrected chi connectivity index (χ1v) is 9.72. The van der Waals surface area contributed by atoms with Crippen LogP contribution >= 0.6 is 0 Å². The summed E-state index contributed by atoms with van der Waals surface area (Å²) in [5, 5.41) is 10.9. The zero-order valence-corrected chi connectivity index (χ0v) is 16.9. The molecule has 8 nitrogen and oxygen atoms in total.